The number of thiazole rings is 1. The van der Waals surface area contributed by atoms with Gasteiger partial charge in [-0.2, -0.15) is 0 Å². The van der Waals surface area contributed by atoms with E-state index < -0.39 is 4.92 Å². The summed E-state index contributed by atoms with van der Waals surface area (Å²) < 4.78 is 7.34. The van der Waals surface area contributed by atoms with Crippen molar-refractivity contribution in [3.8, 4) is 17.0 Å². The van der Waals surface area contributed by atoms with Gasteiger partial charge >= 0.3 is 0 Å². The van der Waals surface area contributed by atoms with Gasteiger partial charge in [0.25, 0.3) is 5.69 Å². The van der Waals surface area contributed by atoms with Crippen LogP contribution < -0.4 is 10.1 Å². The molecule has 10 heteroatoms. The molecular formula is C21H17ClN4O4S. The average molecular weight is 457 g/mol. The molecule has 4 rings (SSSR count). The summed E-state index contributed by atoms with van der Waals surface area (Å²) in [5, 5.41) is 15.6. The zero-order chi connectivity index (χ0) is 22.0. The summed E-state index contributed by atoms with van der Waals surface area (Å²) in [7, 11) is 0. The Morgan fingerprint density at radius 3 is 2.77 bits per heavy atom. The lowest BCUT2D eigenvalue weighted by Crippen LogP contribution is -2.15. The van der Waals surface area contributed by atoms with E-state index in [0.717, 1.165) is 27.7 Å². The Balaban J connectivity index is 1.51. The van der Waals surface area contributed by atoms with E-state index in [-0.39, 0.29) is 23.0 Å². The summed E-state index contributed by atoms with van der Waals surface area (Å²) in [6.45, 7) is 2.54. The number of hydrogen-bond donors (Lipinski definition) is 1. The third kappa shape index (κ3) is 4.52. The molecule has 0 radical (unpaired) electrons. The van der Waals surface area contributed by atoms with Crippen molar-refractivity contribution in [1.29, 1.82) is 0 Å². The highest BCUT2D eigenvalue weighted by Crippen LogP contribution is 2.28. The molecule has 8 nitrogen and oxygen atoms in total. The predicted molar refractivity (Wildman–Crippen MR) is 120 cm³/mol. The first-order chi connectivity index (χ1) is 14.9. The van der Waals surface area contributed by atoms with Gasteiger partial charge in [-0.3, -0.25) is 19.3 Å². The zero-order valence-corrected chi connectivity index (χ0v) is 17.9. The van der Waals surface area contributed by atoms with Crippen LogP contribution in [-0.4, -0.2) is 26.8 Å². The highest BCUT2D eigenvalue weighted by Gasteiger charge is 2.16. The molecule has 31 heavy (non-hydrogen) atoms. The molecule has 0 atom stereocenters. The molecule has 0 spiro atoms. The molecule has 158 valence electrons. The second-order valence-corrected chi connectivity index (χ2v) is 7.86. The van der Waals surface area contributed by atoms with Crippen molar-refractivity contribution >= 4 is 45.2 Å². The van der Waals surface area contributed by atoms with Crippen molar-refractivity contribution in [1.82, 2.24) is 9.38 Å². The van der Waals surface area contributed by atoms with Gasteiger partial charge in [0.05, 0.1) is 23.6 Å². The fourth-order valence-electron chi connectivity index (χ4n) is 3.08. The lowest BCUT2D eigenvalue weighted by molar-refractivity contribution is -0.384. The Morgan fingerprint density at radius 1 is 1.29 bits per heavy atom. The summed E-state index contributed by atoms with van der Waals surface area (Å²) in [6, 6.07) is 11.8. The minimum atomic E-state index is -0.589. The van der Waals surface area contributed by atoms with Crippen LogP contribution in [0.25, 0.3) is 16.2 Å². The van der Waals surface area contributed by atoms with Crippen molar-refractivity contribution in [3.63, 3.8) is 0 Å². The lowest BCUT2D eigenvalue weighted by atomic mass is 10.1. The molecule has 0 unspecified atom stereocenters. The van der Waals surface area contributed by atoms with Crippen LogP contribution in [0.15, 0.2) is 54.0 Å². The normalized spacial score (nSPS) is 10.9. The van der Waals surface area contributed by atoms with E-state index in [9.17, 15) is 14.9 Å². The summed E-state index contributed by atoms with van der Waals surface area (Å²) in [5.41, 5.74) is 2.57. The van der Waals surface area contributed by atoms with Crippen LogP contribution in [0.2, 0.25) is 5.02 Å². The van der Waals surface area contributed by atoms with Crippen molar-refractivity contribution < 1.29 is 14.5 Å². The van der Waals surface area contributed by atoms with Gasteiger partial charge in [-0.15, -0.1) is 11.3 Å². The van der Waals surface area contributed by atoms with Gasteiger partial charge in [0.1, 0.15) is 10.8 Å². The number of benzene rings is 2. The van der Waals surface area contributed by atoms with Crippen LogP contribution >= 0.6 is 22.9 Å². The van der Waals surface area contributed by atoms with E-state index in [0.29, 0.717) is 12.3 Å². The van der Waals surface area contributed by atoms with Crippen LogP contribution in [0.1, 0.15) is 12.6 Å². The summed E-state index contributed by atoms with van der Waals surface area (Å²) in [5.74, 6) is 0.500. The number of halogens is 1. The minimum absolute atomic E-state index is 0.0165. The molecule has 2 aromatic carbocycles. The fourth-order valence-corrected chi connectivity index (χ4v) is 4.14. The number of aromatic nitrogens is 2. The average Bonchev–Trinajstić information content (AvgIpc) is 3.32. The molecule has 2 aromatic heterocycles. The van der Waals surface area contributed by atoms with Gasteiger partial charge in [-0.25, -0.2) is 4.98 Å². The number of ether oxygens (including phenoxy) is 1. The largest absolute Gasteiger partial charge is 0.494 e. The predicted octanol–water partition coefficient (Wildman–Crippen LogP) is 5.20. The number of carbonyl (C=O) groups excluding carboxylic acids is 1. The number of anilines is 1. The fraction of sp³-hybridized carbons (Fsp3) is 0.143. The number of amides is 1. The summed E-state index contributed by atoms with van der Waals surface area (Å²) in [4.78, 5) is 28.3. The minimum Gasteiger partial charge on any atom is -0.494 e. The maximum absolute atomic E-state index is 12.5. The number of nitrogens with zero attached hydrogens (tertiary/aromatic N) is 3. The Labute approximate surface area is 186 Å². The monoisotopic (exact) mass is 456 g/mol. The molecule has 0 saturated heterocycles. The molecule has 4 aromatic rings. The standard InChI is InChI=1S/C21H17ClN4O4S/c1-2-30-16-6-3-13(4-7-16)18-11-25-15(12-31-21(25)24-18)10-20(27)23-14-5-8-17(22)19(9-14)26(28)29/h3-9,11-12H,2,10H2,1H3,(H,23,27). The van der Waals surface area contributed by atoms with Crippen molar-refractivity contribution in [2.24, 2.45) is 0 Å². The second kappa shape index (κ2) is 8.75. The van der Waals surface area contributed by atoms with Gasteiger partial charge in [0.2, 0.25) is 5.91 Å². The molecule has 0 aliphatic carbocycles. The van der Waals surface area contributed by atoms with Crippen LogP contribution in [0, 0.1) is 10.1 Å². The van der Waals surface area contributed by atoms with Gasteiger partial charge in [-0.1, -0.05) is 11.6 Å². The maximum atomic E-state index is 12.5. The van der Waals surface area contributed by atoms with E-state index in [4.69, 9.17) is 16.3 Å². The maximum Gasteiger partial charge on any atom is 0.289 e. The third-order valence-corrected chi connectivity index (χ3v) is 5.72. The quantitative estimate of drug-likeness (QED) is 0.304. The van der Waals surface area contributed by atoms with E-state index in [1.807, 2.05) is 47.2 Å². The molecule has 0 saturated carbocycles. The van der Waals surface area contributed by atoms with Gasteiger partial charge < -0.3 is 10.1 Å². The van der Waals surface area contributed by atoms with Crippen molar-refractivity contribution in [3.05, 3.63) is 74.9 Å². The first kappa shape index (κ1) is 20.8. The topological polar surface area (TPSA) is 98.8 Å². The molecule has 0 aliphatic heterocycles. The van der Waals surface area contributed by atoms with Crippen molar-refractivity contribution in [2.75, 3.05) is 11.9 Å². The molecule has 1 amide bonds. The number of fused-ring (bicyclic) bond motifs is 1. The Morgan fingerprint density at radius 2 is 2.06 bits per heavy atom. The first-order valence-corrected chi connectivity index (χ1v) is 10.6. The first-order valence-electron chi connectivity index (χ1n) is 9.37. The number of imidazole rings is 1. The van der Waals surface area contributed by atoms with Gasteiger partial charge in [-0.05, 0) is 43.3 Å². The number of rotatable bonds is 7. The Kier molecular flexibility index (Phi) is 5.88. The Bertz CT molecular complexity index is 1270. The van der Waals surface area contributed by atoms with E-state index >= 15 is 0 Å². The zero-order valence-electron chi connectivity index (χ0n) is 16.4. The number of nitrogens with one attached hydrogen (secondary N) is 1. The Hall–Kier alpha value is -3.43. The molecule has 2 heterocycles. The summed E-state index contributed by atoms with van der Waals surface area (Å²) >= 11 is 7.25. The second-order valence-electron chi connectivity index (χ2n) is 6.61. The highest BCUT2D eigenvalue weighted by molar-refractivity contribution is 7.15. The number of nitro groups is 1. The number of hydrogen-bond acceptors (Lipinski definition) is 6. The third-order valence-electron chi connectivity index (χ3n) is 4.51. The van der Waals surface area contributed by atoms with E-state index in [1.54, 1.807) is 0 Å². The molecular weight excluding hydrogens is 440 g/mol. The van der Waals surface area contributed by atoms with Crippen LogP contribution in [0.5, 0.6) is 5.75 Å². The van der Waals surface area contributed by atoms with Crippen molar-refractivity contribution in [2.45, 2.75) is 13.3 Å². The van der Waals surface area contributed by atoms with Gasteiger partial charge in [0, 0.05) is 34.6 Å². The van der Waals surface area contributed by atoms with E-state index in [1.165, 1.54) is 29.5 Å². The van der Waals surface area contributed by atoms with Crippen LogP contribution in [-0.2, 0) is 11.2 Å². The molecule has 0 fully saturated rings. The number of carbonyl (C=O) groups is 1. The molecule has 0 bridgehead atoms. The lowest BCUT2D eigenvalue weighted by Gasteiger charge is -2.05. The van der Waals surface area contributed by atoms with Crippen LogP contribution in [0.4, 0.5) is 11.4 Å². The molecule has 0 aliphatic rings. The number of nitro benzene ring substituents is 1. The van der Waals surface area contributed by atoms with Gasteiger partial charge in [0.15, 0.2) is 4.96 Å². The van der Waals surface area contributed by atoms with Crippen LogP contribution in [0.3, 0.4) is 0 Å². The van der Waals surface area contributed by atoms with E-state index in [2.05, 4.69) is 10.3 Å². The highest BCUT2D eigenvalue weighted by atomic mass is 35.5. The SMILES string of the molecule is CCOc1ccc(-c2cn3c(CC(=O)Nc4ccc(Cl)c([N+](=O)[O-])c4)csc3n2)cc1. The molecule has 1 N–H and O–H groups in total. The summed E-state index contributed by atoms with van der Waals surface area (Å²) in [6.07, 6.45) is 1.98. The smallest absolute Gasteiger partial charge is 0.289 e.